The lowest BCUT2D eigenvalue weighted by molar-refractivity contribution is 0.102. The van der Waals surface area contributed by atoms with E-state index in [4.69, 9.17) is 12.2 Å². The van der Waals surface area contributed by atoms with E-state index < -0.39 is 0 Å². The fourth-order valence-electron chi connectivity index (χ4n) is 2.66. The van der Waals surface area contributed by atoms with Gasteiger partial charge in [-0.25, -0.2) is 0 Å². The second kappa shape index (κ2) is 6.22. The highest BCUT2D eigenvalue weighted by Crippen LogP contribution is 2.30. The molecule has 1 heterocycles. The van der Waals surface area contributed by atoms with Gasteiger partial charge in [-0.05, 0) is 36.8 Å². The lowest BCUT2D eigenvalue weighted by Crippen LogP contribution is -2.44. The Kier molecular flexibility index (Phi) is 4.12. The first-order valence-electron chi connectivity index (χ1n) is 7.23. The monoisotopic (exact) mass is 324 g/mol. The number of rotatable bonds is 3. The highest BCUT2D eigenvalue weighted by molar-refractivity contribution is 7.80. The Hall–Kier alpha value is -2.66. The summed E-state index contributed by atoms with van der Waals surface area (Å²) >= 11 is 5.22. The van der Waals surface area contributed by atoms with Gasteiger partial charge in [-0.1, -0.05) is 42.5 Å². The van der Waals surface area contributed by atoms with E-state index in [0.717, 1.165) is 11.3 Å². The number of carbonyl (C=O) groups excluding carboxylic acids is 1. The lowest BCUT2D eigenvalue weighted by atomic mass is 9.90. The van der Waals surface area contributed by atoms with E-state index in [-0.39, 0.29) is 17.6 Å². The number of ketones is 1. The number of hydrogen-bond donors (Lipinski definition) is 3. The molecule has 0 bridgehead atoms. The van der Waals surface area contributed by atoms with E-state index in [0.29, 0.717) is 16.2 Å². The molecule has 0 amide bonds. The highest BCUT2D eigenvalue weighted by Gasteiger charge is 2.30. The lowest BCUT2D eigenvalue weighted by Gasteiger charge is -2.30. The summed E-state index contributed by atoms with van der Waals surface area (Å²) in [4.78, 5) is 12.9. The van der Waals surface area contributed by atoms with Crippen LogP contribution in [0.5, 0.6) is 5.75 Å². The van der Waals surface area contributed by atoms with Crippen molar-refractivity contribution in [3.8, 4) is 5.75 Å². The molecule has 5 heteroatoms. The molecule has 116 valence electrons. The van der Waals surface area contributed by atoms with Crippen molar-refractivity contribution in [1.82, 2.24) is 10.6 Å². The molecular weight excluding hydrogens is 308 g/mol. The molecule has 0 fully saturated rings. The third kappa shape index (κ3) is 3.10. The molecule has 0 radical (unpaired) electrons. The second-order valence-electron chi connectivity index (χ2n) is 5.36. The normalized spacial score (nSPS) is 17.4. The Bertz CT molecular complexity index is 782. The minimum Gasteiger partial charge on any atom is -0.508 e. The first kappa shape index (κ1) is 15.2. The molecule has 3 N–H and O–H groups in total. The summed E-state index contributed by atoms with van der Waals surface area (Å²) in [5.41, 5.74) is 2.85. The number of thiocarbonyl (C=S) groups is 1. The largest absolute Gasteiger partial charge is 0.508 e. The molecule has 3 rings (SSSR count). The fourth-order valence-corrected chi connectivity index (χ4v) is 2.93. The Morgan fingerprint density at radius 2 is 1.74 bits per heavy atom. The van der Waals surface area contributed by atoms with Crippen LogP contribution in [-0.2, 0) is 0 Å². The Morgan fingerprint density at radius 3 is 2.39 bits per heavy atom. The zero-order valence-corrected chi connectivity index (χ0v) is 13.4. The van der Waals surface area contributed by atoms with Gasteiger partial charge < -0.3 is 15.7 Å². The van der Waals surface area contributed by atoms with Crippen LogP contribution in [-0.4, -0.2) is 16.0 Å². The van der Waals surface area contributed by atoms with Gasteiger partial charge in [-0.3, -0.25) is 4.79 Å². The Morgan fingerprint density at radius 1 is 1.09 bits per heavy atom. The average Bonchev–Trinajstić information content (AvgIpc) is 2.55. The standard InChI is InChI=1S/C18H16N2O2S/c1-11-15(17(22)13-5-3-2-4-6-13)16(20-18(23)19-11)12-7-9-14(21)10-8-12/h2-10,16,21H,1H3,(H2,19,20,23)/t16-/m1/s1. The molecule has 4 nitrogen and oxygen atoms in total. The summed E-state index contributed by atoms with van der Waals surface area (Å²) in [6.07, 6.45) is 0. The van der Waals surface area contributed by atoms with Gasteiger partial charge in [-0.15, -0.1) is 0 Å². The maximum absolute atomic E-state index is 12.9. The van der Waals surface area contributed by atoms with Crippen LogP contribution < -0.4 is 10.6 Å². The molecule has 2 aromatic carbocycles. The molecule has 0 spiro atoms. The van der Waals surface area contributed by atoms with Gasteiger partial charge in [0.05, 0.1) is 6.04 Å². The number of benzene rings is 2. The molecule has 0 saturated carbocycles. The quantitative estimate of drug-likeness (QED) is 0.598. The van der Waals surface area contributed by atoms with E-state index in [9.17, 15) is 9.90 Å². The number of hydrogen-bond acceptors (Lipinski definition) is 3. The molecule has 0 saturated heterocycles. The van der Waals surface area contributed by atoms with Gasteiger partial charge in [0, 0.05) is 16.8 Å². The van der Waals surface area contributed by atoms with Gasteiger partial charge in [0.25, 0.3) is 0 Å². The van der Waals surface area contributed by atoms with Gasteiger partial charge in [0.1, 0.15) is 5.75 Å². The van der Waals surface area contributed by atoms with Crippen molar-refractivity contribution in [3.05, 3.63) is 77.0 Å². The summed E-state index contributed by atoms with van der Waals surface area (Å²) in [6, 6.07) is 15.6. The SMILES string of the molecule is CC1=C(C(=O)c2ccccc2)[C@@H](c2ccc(O)cc2)NC(=S)N1. The van der Waals surface area contributed by atoms with Crippen molar-refractivity contribution in [2.45, 2.75) is 13.0 Å². The molecule has 0 aromatic heterocycles. The fraction of sp³-hybridized carbons (Fsp3) is 0.111. The summed E-state index contributed by atoms with van der Waals surface area (Å²) < 4.78 is 0. The summed E-state index contributed by atoms with van der Waals surface area (Å²) in [5.74, 6) is 0.130. The molecule has 1 atom stereocenters. The van der Waals surface area contributed by atoms with Crippen molar-refractivity contribution in [3.63, 3.8) is 0 Å². The number of phenols is 1. The van der Waals surface area contributed by atoms with Crippen LogP contribution in [0.25, 0.3) is 0 Å². The number of Topliss-reactive ketones (excluding diaryl/α,β-unsaturated/α-hetero) is 1. The van der Waals surface area contributed by atoms with E-state index in [1.165, 1.54) is 0 Å². The van der Waals surface area contributed by atoms with Crippen molar-refractivity contribution in [2.75, 3.05) is 0 Å². The Balaban J connectivity index is 2.06. The van der Waals surface area contributed by atoms with Gasteiger partial charge in [0.15, 0.2) is 10.9 Å². The van der Waals surface area contributed by atoms with Crippen molar-refractivity contribution >= 4 is 23.1 Å². The minimum absolute atomic E-state index is 0.0522. The van der Waals surface area contributed by atoms with Crippen LogP contribution in [0.1, 0.15) is 28.9 Å². The predicted octanol–water partition coefficient (Wildman–Crippen LogP) is 3.07. The van der Waals surface area contributed by atoms with Crippen LogP contribution in [0.3, 0.4) is 0 Å². The van der Waals surface area contributed by atoms with Crippen LogP contribution in [0.4, 0.5) is 0 Å². The average molecular weight is 324 g/mol. The third-order valence-electron chi connectivity index (χ3n) is 3.78. The zero-order valence-electron chi connectivity index (χ0n) is 12.5. The summed E-state index contributed by atoms with van der Waals surface area (Å²) in [6.45, 7) is 1.84. The molecule has 0 unspecified atom stereocenters. The van der Waals surface area contributed by atoms with Crippen LogP contribution in [0.2, 0.25) is 0 Å². The van der Waals surface area contributed by atoms with E-state index >= 15 is 0 Å². The number of carbonyl (C=O) groups is 1. The van der Waals surface area contributed by atoms with E-state index in [1.807, 2.05) is 25.1 Å². The van der Waals surface area contributed by atoms with E-state index in [1.54, 1.807) is 36.4 Å². The summed E-state index contributed by atoms with van der Waals surface area (Å²) in [5, 5.41) is 16.1. The maximum atomic E-state index is 12.9. The summed E-state index contributed by atoms with van der Waals surface area (Å²) in [7, 11) is 0. The van der Waals surface area contributed by atoms with Gasteiger partial charge >= 0.3 is 0 Å². The predicted molar refractivity (Wildman–Crippen MR) is 93.2 cm³/mol. The van der Waals surface area contributed by atoms with Gasteiger partial charge in [-0.2, -0.15) is 0 Å². The van der Waals surface area contributed by atoms with Gasteiger partial charge in [0.2, 0.25) is 0 Å². The molecule has 2 aromatic rings. The molecular formula is C18H16N2O2S. The smallest absolute Gasteiger partial charge is 0.193 e. The number of allylic oxidation sites excluding steroid dienone is 1. The molecule has 1 aliphatic rings. The van der Waals surface area contributed by atoms with E-state index in [2.05, 4.69) is 10.6 Å². The van der Waals surface area contributed by atoms with Crippen molar-refractivity contribution < 1.29 is 9.90 Å². The number of phenolic OH excluding ortho intramolecular Hbond substituents is 1. The van der Waals surface area contributed by atoms with Crippen LogP contribution >= 0.6 is 12.2 Å². The number of aromatic hydroxyl groups is 1. The molecule has 0 aliphatic carbocycles. The molecule has 1 aliphatic heterocycles. The van der Waals surface area contributed by atoms with Crippen molar-refractivity contribution in [1.29, 1.82) is 0 Å². The highest BCUT2D eigenvalue weighted by atomic mass is 32.1. The Labute approximate surface area is 139 Å². The zero-order chi connectivity index (χ0) is 16.4. The van der Waals surface area contributed by atoms with Crippen molar-refractivity contribution in [2.24, 2.45) is 0 Å². The first-order chi connectivity index (χ1) is 11.1. The van der Waals surface area contributed by atoms with Crippen LogP contribution in [0, 0.1) is 0 Å². The third-order valence-corrected chi connectivity index (χ3v) is 4.00. The first-order valence-corrected chi connectivity index (χ1v) is 7.64. The second-order valence-corrected chi connectivity index (χ2v) is 5.77. The topological polar surface area (TPSA) is 61.4 Å². The molecule has 23 heavy (non-hydrogen) atoms. The maximum Gasteiger partial charge on any atom is 0.193 e. The van der Waals surface area contributed by atoms with Crippen LogP contribution in [0.15, 0.2) is 65.9 Å². The minimum atomic E-state index is -0.350. The number of nitrogens with one attached hydrogen (secondary N) is 2.